The van der Waals surface area contributed by atoms with E-state index in [9.17, 15) is 0 Å². The van der Waals surface area contributed by atoms with E-state index in [1.165, 1.54) is 0 Å². The first-order valence-corrected chi connectivity index (χ1v) is 4.03. The molecule has 11 heavy (non-hydrogen) atoms. The van der Waals surface area contributed by atoms with Crippen molar-refractivity contribution >= 4 is 0 Å². The Morgan fingerprint density at radius 2 is 2.09 bits per heavy atom. The molecular formula is C9H13NO. The van der Waals surface area contributed by atoms with Gasteiger partial charge in [0, 0.05) is 18.9 Å². The van der Waals surface area contributed by atoms with Gasteiger partial charge in [0.15, 0.2) is 0 Å². The van der Waals surface area contributed by atoms with Gasteiger partial charge in [-0.25, -0.2) is 0 Å². The van der Waals surface area contributed by atoms with Gasteiger partial charge < -0.3 is 9.30 Å². The Balaban J connectivity index is 1.83. The second-order valence-corrected chi connectivity index (χ2v) is 3.41. The molecule has 1 aromatic heterocycles. The lowest BCUT2D eigenvalue weighted by atomic mass is 10.1. The third-order valence-electron chi connectivity index (χ3n) is 2.20. The van der Waals surface area contributed by atoms with Crippen molar-refractivity contribution in [1.82, 2.24) is 4.57 Å². The van der Waals surface area contributed by atoms with Crippen molar-refractivity contribution in [3.8, 4) is 0 Å². The van der Waals surface area contributed by atoms with Crippen molar-refractivity contribution in [3.05, 3.63) is 24.5 Å². The van der Waals surface area contributed by atoms with Crippen LogP contribution >= 0.6 is 0 Å². The molecule has 1 aliphatic rings. The van der Waals surface area contributed by atoms with Crippen molar-refractivity contribution in [2.24, 2.45) is 0 Å². The Bertz CT molecular complexity index is 224. The number of hydrogen-bond donors (Lipinski definition) is 0. The molecule has 1 atom stereocenters. The van der Waals surface area contributed by atoms with Gasteiger partial charge in [0.1, 0.15) is 0 Å². The molecule has 2 heteroatoms. The number of hydrogen-bond acceptors (Lipinski definition) is 1. The highest BCUT2D eigenvalue weighted by Crippen LogP contribution is 2.30. The normalized spacial score (nSPS) is 28.8. The topological polar surface area (TPSA) is 17.5 Å². The summed E-state index contributed by atoms with van der Waals surface area (Å²) < 4.78 is 7.47. The Labute approximate surface area is 66.8 Å². The molecule has 2 rings (SSSR count). The first-order valence-electron chi connectivity index (χ1n) is 4.03. The van der Waals surface area contributed by atoms with Crippen LogP contribution < -0.4 is 0 Å². The van der Waals surface area contributed by atoms with E-state index in [0.29, 0.717) is 0 Å². The zero-order valence-corrected chi connectivity index (χ0v) is 6.79. The summed E-state index contributed by atoms with van der Waals surface area (Å²) >= 11 is 0. The van der Waals surface area contributed by atoms with Gasteiger partial charge in [0.05, 0.1) is 12.2 Å². The van der Waals surface area contributed by atoms with Gasteiger partial charge in [-0.2, -0.15) is 0 Å². The molecule has 1 aromatic rings. The van der Waals surface area contributed by atoms with Crippen LogP contribution in [0.5, 0.6) is 0 Å². The predicted molar refractivity (Wildman–Crippen MR) is 43.4 cm³/mol. The molecule has 0 radical (unpaired) electrons. The van der Waals surface area contributed by atoms with Crippen molar-refractivity contribution in [3.63, 3.8) is 0 Å². The second kappa shape index (κ2) is 2.38. The van der Waals surface area contributed by atoms with Gasteiger partial charge in [-0.3, -0.25) is 0 Å². The number of ether oxygens (including phenoxy) is 1. The Kier molecular flexibility index (Phi) is 1.50. The lowest BCUT2D eigenvalue weighted by Crippen LogP contribution is -2.08. The van der Waals surface area contributed by atoms with E-state index in [-0.39, 0.29) is 5.60 Å². The summed E-state index contributed by atoms with van der Waals surface area (Å²) in [5, 5.41) is 0. The van der Waals surface area contributed by atoms with Gasteiger partial charge in [-0.15, -0.1) is 0 Å². The zero-order valence-electron chi connectivity index (χ0n) is 6.79. The van der Waals surface area contributed by atoms with E-state index in [1.54, 1.807) is 0 Å². The van der Waals surface area contributed by atoms with Gasteiger partial charge in [0.25, 0.3) is 0 Å². The first kappa shape index (κ1) is 6.92. The SMILES string of the molecule is CC1(CCn2cccc2)CO1. The molecule has 0 bridgehead atoms. The van der Waals surface area contributed by atoms with Crippen molar-refractivity contribution < 1.29 is 4.74 Å². The molecule has 1 fully saturated rings. The molecule has 0 aromatic carbocycles. The Morgan fingerprint density at radius 1 is 1.45 bits per heavy atom. The molecule has 0 saturated carbocycles. The smallest absolute Gasteiger partial charge is 0.0905 e. The van der Waals surface area contributed by atoms with E-state index >= 15 is 0 Å². The van der Waals surface area contributed by atoms with Crippen LogP contribution in [-0.4, -0.2) is 16.8 Å². The van der Waals surface area contributed by atoms with E-state index in [0.717, 1.165) is 19.6 Å². The van der Waals surface area contributed by atoms with Crippen LogP contribution in [0.1, 0.15) is 13.3 Å². The lowest BCUT2D eigenvalue weighted by Gasteiger charge is -2.05. The summed E-state index contributed by atoms with van der Waals surface area (Å²) in [4.78, 5) is 0. The Morgan fingerprint density at radius 3 is 2.64 bits per heavy atom. The van der Waals surface area contributed by atoms with Gasteiger partial charge in [0.2, 0.25) is 0 Å². The quantitative estimate of drug-likeness (QED) is 0.601. The van der Waals surface area contributed by atoms with Crippen molar-refractivity contribution in [2.45, 2.75) is 25.5 Å². The maximum atomic E-state index is 5.28. The number of aromatic nitrogens is 1. The van der Waals surface area contributed by atoms with Crippen molar-refractivity contribution in [1.29, 1.82) is 0 Å². The van der Waals surface area contributed by atoms with E-state index in [4.69, 9.17) is 4.74 Å². The Hall–Kier alpha value is -0.760. The minimum absolute atomic E-state index is 0.199. The molecule has 1 unspecified atom stereocenters. The minimum atomic E-state index is 0.199. The summed E-state index contributed by atoms with van der Waals surface area (Å²) in [6.45, 7) is 4.17. The lowest BCUT2D eigenvalue weighted by molar-refractivity contribution is 0.298. The van der Waals surface area contributed by atoms with Crippen LogP contribution in [0.3, 0.4) is 0 Å². The molecule has 60 valence electrons. The number of aryl methyl sites for hydroxylation is 1. The van der Waals surface area contributed by atoms with Crippen LogP contribution in [0.2, 0.25) is 0 Å². The second-order valence-electron chi connectivity index (χ2n) is 3.41. The maximum absolute atomic E-state index is 5.28. The largest absolute Gasteiger partial charge is 0.370 e. The molecule has 1 saturated heterocycles. The zero-order chi connectivity index (χ0) is 7.73. The molecule has 2 nitrogen and oxygen atoms in total. The number of rotatable bonds is 3. The average molecular weight is 151 g/mol. The van der Waals surface area contributed by atoms with Crippen LogP contribution in [-0.2, 0) is 11.3 Å². The molecule has 0 spiro atoms. The maximum Gasteiger partial charge on any atom is 0.0905 e. The molecule has 0 N–H and O–H groups in total. The fourth-order valence-corrected chi connectivity index (χ4v) is 1.15. The van der Waals surface area contributed by atoms with Gasteiger partial charge in [-0.1, -0.05) is 0 Å². The van der Waals surface area contributed by atoms with E-state index in [2.05, 4.69) is 36.0 Å². The monoisotopic (exact) mass is 151 g/mol. The van der Waals surface area contributed by atoms with Gasteiger partial charge >= 0.3 is 0 Å². The molecule has 2 heterocycles. The molecule has 0 aliphatic carbocycles. The van der Waals surface area contributed by atoms with Crippen LogP contribution in [0.4, 0.5) is 0 Å². The fraction of sp³-hybridized carbons (Fsp3) is 0.556. The number of epoxide rings is 1. The summed E-state index contributed by atoms with van der Waals surface area (Å²) in [5.41, 5.74) is 0.199. The van der Waals surface area contributed by atoms with Gasteiger partial charge in [-0.05, 0) is 25.5 Å². The summed E-state index contributed by atoms with van der Waals surface area (Å²) in [6.07, 6.45) is 5.30. The predicted octanol–water partition coefficient (Wildman–Crippen LogP) is 1.67. The standard InChI is InChI=1S/C9H13NO/c1-9(8-11-9)4-7-10-5-2-3-6-10/h2-3,5-6H,4,7-8H2,1H3. The molecule has 0 amide bonds. The third-order valence-corrected chi connectivity index (χ3v) is 2.20. The van der Waals surface area contributed by atoms with E-state index < -0.39 is 0 Å². The summed E-state index contributed by atoms with van der Waals surface area (Å²) in [7, 11) is 0. The average Bonchev–Trinajstić information content (AvgIpc) is 2.53. The highest BCUT2D eigenvalue weighted by molar-refractivity contribution is 4.92. The number of nitrogens with zero attached hydrogens (tertiary/aromatic N) is 1. The minimum Gasteiger partial charge on any atom is -0.370 e. The highest BCUT2D eigenvalue weighted by atomic mass is 16.6. The van der Waals surface area contributed by atoms with Crippen LogP contribution in [0.25, 0.3) is 0 Å². The van der Waals surface area contributed by atoms with Crippen molar-refractivity contribution in [2.75, 3.05) is 6.61 Å². The highest BCUT2D eigenvalue weighted by Gasteiger charge is 2.38. The molecule has 1 aliphatic heterocycles. The van der Waals surface area contributed by atoms with E-state index in [1.807, 2.05) is 0 Å². The third kappa shape index (κ3) is 1.63. The van der Waals surface area contributed by atoms with Crippen LogP contribution in [0, 0.1) is 0 Å². The summed E-state index contributed by atoms with van der Waals surface area (Å²) in [5.74, 6) is 0. The van der Waals surface area contributed by atoms with Crippen LogP contribution in [0.15, 0.2) is 24.5 Å². The first-order chi connectivity index (χ1) is 5.29. The fourth-order valence-electron chi connectivity index (χ4n) is 1.15. The molecular weight excluding hydrogens is 138 g/mol. The summed E-state index contributed by atoms with van der Waals surface area (Å²) in [6, 6.07) is 4.10.